The van der Waals surface area contributed by atoms with Crippen LogP contribution in [-0.4, -0.2) is 5.91 Å². The Morgan fingerprint density at radius 2 is 2.06 bits per heavy atom. The van der Waals surface area contributed by atoms with Gasteiger partial charge in [0.1, 0.15) is 0 Å². The Kier molecular flexibility index (Phi) is 4.55. The first kappa shape index (κ1) is 13.6. The van der Waals surface area contributed by atoms with Crippen LogP contribution in [0.5, 0.6) is 0 Å². The highest BCUT2D eigenvalue weighted by Crippen LogP contribution is 2.25. The maximum atomic E-state index is 12.0. The molecular weight excluding hydrogens is 212 g/mol. The molecule has 1 rings (SSSR count). The molecule has 0 fully saturated rings. The van der Waals surface area contributed by atoms with Gasteiger partial charge in [-0.15, -0.1) is 0 Å². The Labute approximate surface area is 103 Å². The van der Waals surface area contributed by atoms with E-state index in [1.807, 2.05) is 32.9 Å². The van der Waals surface area contributed by atoms with E-state index in [9.17, 15) is 4.79 Å². The van der Waals surface area contributed by atoms with Gasteiger partial charge < -0.3 is 11.1 Å². The van der Waals surface area contributed by atoms with Crippen molar-refractivity contribution in [2.24, 2.45) is 5.92 Å². The summed E-state index contributed by atoms with van der Waals surface area (Å²) in [6, 6.07) is 3.80. The zero-order valence-electron chi connectivity index (χ0n) is 11.1. The van der Waals surface area contributed by atoms with Crippen LogP contribution in [-0.2, 0) is 4.79 Å². The molecule has 0 bridgehead atoms. The maximum absolute atomic E-state index is 12.0. The molecule has 0 aliphatic rings. The number of carbonyl (C=O) groups excluding carboxylic acids is 1. The minimum atomic E-state index is 0.0419. The molecule has 94 valence electrons. The number of aryl methyl sites for hydroxylation is 1. The van der Waals surface area contributed by atoms with E-state index < -0.39 is 0 Å². The van der Waals surface area contributed by atoms with Crippen LogP contribution in [0.3, 0.4) is 0 Å². The molecular formula is C14H22N2O. The third kappa shape index (κ3) is 3.22. The Morgan fingerprint density at radius 1 is 1.41 bits per heavy atom. The molecule has 0 aliphatic carbocycles. The third-order valence-corrected chi connectivity index (χ3v) is 3.13. The highest BCUT2D eigenvalue weighted by atomic mass is 16.1. The first-order valence-corrected chi connectivity index (χ1v) is 6.13. The highest BCUT2D eigenvalue weighted by molar-refractivity contribution is 5.94. The van der Waals surface area contributed by atoms with Crippen LogP contribution < -0.4 is 11.1 Å². The summed E-state index contributed by atoms with van der Waals surface area (Å²) in [6.07, 6.45) is 1.93. The fraction of sp³-hybridized carbons (Fsp3) is 0.500. The number of anilines is 2. The van der Waals surface area contributed by atoms with Crippen LogP contribution in [0.2, 0.25) is 0 Å². The van der Waals surface area contributed by atoms with E-state index in [0.29, 0.717) is 5.69 Å². The number of amides is 1. The third-order valence-electron chi connectivity index (χ3n) is 3.13. The minimum absolute atomic E-state index is 0.0419. The van der Waals surface area contributed by atoms with Crippen molar-refractivity contribution < 1.29 is 4.79 Å². The van der Waals surface area contributed by atoms with Crippen molar-refractivity contribution in [2.45, 2.75) is 40.5 Å². The Balaban J connectivity index is 2.88. The second-order valence-corrected chi connectivity index (χ2v) is 4.65. The second-order valence-electron chi connectivity index (χ2n) is 4.65. The summed E-state index contributed by atoms with van der Waals surface area (Å²) in [5.74, 6) is 0.115. The molecule has 17 heavy (non-hydrogen) atoms. The van der Waals surface area contributed by atoms with Crippen LogP contribution in [0.25, 0.3) is 0 Å². The van der Waals surface area contributed by atoms with Gasteiger partial charge in [0, 0.05) is 17.3 Å². The molecule has 3 heteroatoms. The van der Waals surface area contributed by atoms with Gasteiger partial charge in [-0.3, -0.25) is 4.79 Å². The number of nitrogens with two attached hydrogens (primary N) is 1. The summed E-state index contributed by atoms with van der Waals surface area (Å²) in [5.41, 5.74) is 9.42. The van der Waals surface area contributed by atoms with Gasteiger partial charge >= 0.3 is 0 Å². The van der Waals surface area contributed by atoms with Gasteiger partial charge in [0.2, 0.25) is 5.91 Å². The molecule has 3 N–H and O–H groups in total. The monoisotopic (exact) mass is 234 g/mol. The molecule has 1 aromatic carbocycles. The number of rotatable bonds is 4. The molecule has 0 saturated carbocycles. The van der Waals surface area contributed by atoms with Crippen LogP contribution in [0.4, 0.5) is 11.4 Å². The van der Waals surface area contributed by atoms with Gasteiger partial charge in [0.25, 0.3) is 0 Å². The molecule has 0 aromatic heterocycles. The summed E-state index contributed by atoms with van der Waals surface area (Å²) in [6.45, 7) is 7.95. The quantitative estimate of drug-likeness (QED) is 0.786. The van der Waals surface area contributed by atoms with Crippen LogP contribution in [0.1, 0.15) is 37.8 Å². The Morgan fingerprint density at radius 3 is 2.65 bits per heavy atom. The van der Waals surface area contributed by atoms with E-state index in [4.69, 9.17) is 5.73 Å². The van der Waals surface area contributed by atoms with Crippen LogP contribution in [0.15, 0.2) is 12.1 Å². The average molecular weight is 234 g/mol. The van der Waals surface area contributed by atoms with Gasteiger partial charge in [-0.05, 0) is 37.5 Å². The molecule has 1 aromatic rings. The van der Waals surface area contributed by atoms with E-state index in [0.717, 1.165) is 29.7 Å². The normalized spacial score (nSPS) is 12.2. The zero-order chi connectivity index (χ0) is 13.0. The smallest absolute Gasteiger partial charge is 0.227 e. The van der Waals surface area contributed by atoms with Gasteiger partial charge in [0.05, 0.1) is 0 Å². The molecule has 3 nitrogen and oxygen atoms in total. The van der Waals surface area contributed by atoms with Gasteiger partial charge in [-0.1, -0.05) is 26.3 Å². The number of nitrogen functional groups attached to an aromatic ring is 1. The molecule has 0 spiro atoms. The summed E-state index contributed by atoms with van der Waals surface area (Å²) in [7, 11) is 0. The molecule has 0 saturated heterocycles. The largest absolute Gasteiger partial charge is 0.398 e. The summed E-state index contributed by atoms with van der Waals surface area (Å²) in [4.78, 5) is 12.0. The summed E-state index contributed by atoms with van der Waals surface area (Å²) >= 11 is 0. The zero-order valence-corrected chi connectivity index (χ0v) is 11.1. The van der Waals surface area contributed by atoms with Crippen molar-refractivity contribution in [3.63, 3.8) is 0 Å². The molecule has 1 unspecified atom stereocenters. The highest BCUT2D eigenvalue weighted by Gasteiger charge is 2.14. The molecule has 0 heterocycles. The predicted molar refractivity (Wildman–Crippen MR) is 73.0 cm³/mol. The van der Waals surface area contributed by atoms with Crippen LogP contribution in [0, 0.1) is 19.8 Å². The fourth-order valence-corrected chi connectivity index (χ4v) is 1.87. The number of hydrogen-bond donors (Lipinski definition) is 2. The Bertz CT molecular complexity index is 413. The topological polar surface area (TPSA) is 55.1 Å². The molecule has 0 aliphatic heterocycles. The number of nitrogens with one attached hydrogen (secondary N) is 1. The van der Waals surface area contributed by atoms with Crippen molar-refractivity contribution in [1.82, 2.24) is 0 Å². The van der Waals surface area contributed by atoms with E-state index in [2.05, 4.69) is 12.2 Å². The van der Waals surface area contributed by atoms with Crippen molar-refractivity contribution in [3.8, 4) is 0 Å². The average Bonchev–Trinajstić information content (AvgIpc) is 2.29. The van der Waals surface area contributed by atoms with E-state index in [-0.39, 0.29) is 11.8 Å². The van der Waals surface area contributed by atoms with E-state index >= 15 is 0 Å². The lowest BCUT2D eigenvalue weighted by atomic mass is 10.0. The Hall–Kier alpha value is -1.51. The van der Waals surface area contributed by atoms with Crippen molar-refractivity contribution in [3.05, 3.63) is 23.3 Å². The standard InChI is InChI=1S/C14H22N2O/c1-5-6-10(3)14(17)16-13-9(2)7-8-12(15)11(13)4/h7-8,10H,5-6,15H2,1-4H3,(H,16,17). The molecule has 1 amide bonds. The van der Waals surface area contributed by atoms with Crippen molar-refractivity contribution >= 4 is 17.3 Å². The van der Waals surface area contributed by atoms with E-state index in [1.54, 1.807) is 0 Å². The number of carbonyl (C=O) groups is 1. The number of benzene rings is 1. The van der Waals surface area contributed by atoms with Crippen molar-refractivity contribution in [1.29, 1.82) is 0 Å². The van der Waals surface area contributed by atoms with Crippen LogP contribution >= 0.6 is 0 Å². The van der Waals surface area contributed by atoms with Crippen molar-refractivity contribution in [2.75, 3.05) is 11.1 Å². The predicted octanol–water partition coefficient (Wildman–Crippen LogP) is 3.26. The lowest BCUT2D eigenvalue weighted by Crippen LogP contribution is -2.21. The summed E-state index contributed by atoms with van der Waals surface area (Å²) < 4.78 is 0. The van der Waals surface area contributed by atoms with Gasteiger partial charge in [-0.25, -0.2) is 0 Å². The molecule has 1 atom stereocenters. The lowest BCUT2D eigenvalue weighted by molar-refractivity contribution is -0.119. The maximum Gasteiger partial charge on any atom is 0.227 e. The number of hydrogen-bond acceptors (Lipinski definition) is 2. The first-order chi connectivity index (χ1) is 7.97. The van der Waals surface area contributed by atoms with E-state index in [1.165, 1.54) is 0 Å². The van der Waals surface area contributed by atoms with Gasteiger partial charge in [0.15, 0.2) is 0 Å². The minimum Gasteiger partial charge on any atom is -0.398 e. The lowest BCUT2D eigenvalue weighted by Gasteiger charge is -2.16. The van der Waals surface area contributed by atoms with Gasteiger partial charge in [-0.2, -0.15) is 0 Å². The first-order valence-electron chi connectivity index (χ1n) is 6.13. The SMILES string of the molecule is CCCC(C)C(=O)Nc1c(C)ccc(N)c1C. The summed E-state index contributed by atoms with van der Waals surface area (Å²) in [5, 5.41) is 2.98. The second kappa shape index (κ2) is 5.71. The molecule has 0 radical (unpaired) electrons. The fourth-order valence-electron chi connectivity index (χ4n) is 1.87.